The lowest BCUT2D eigenvalue weighted by atomic mass is 9.93. The van der Waals surface area contributed by atoms with Crippen LogP contribution in [0.3, 0.4) is 0 Å². The van der Waals surface area contributed by atoms with Crippen LogP contribution < -0.4 is 5.32 Å². The molecule has 5 heteroatoms. The maximum absolute atomic E-state index is 5.82. The monoisotopic (exact) mass is 281 g/mol. The predicted octanol–water partition coefficient (Wildman–Crippen LogP) is 2.98. The maximum atomic E-state index is 5.82. The fourth-order valence-corrected chi connectivity index (χ4v) is 2.89. The molecule has 0 saturated heterocycles. The Labute approximate surface area is 121 Å². The summed E-state index contributed by atoms with van der Waals surface area (Å²) in [6.45, 7) is 6.01. The van der Waals surface area contributed by atoms with Crippen LogP contribution in [0.5, 0.6) is 0 Å². The average Bonchev–Trinajstić information content (AvgIpc) is 2.85. The largest absolute Gasteiger partial charge is 0.370 e. The zero-order valence-electron chi connectivity index (χ0n) is 12.9. The Bertz CT molecular complexity index is 398. The molecule has 1 saturated carbocycles. The second-order valence-corrected chi connectivity index (χ2v) is 5.78. The van der Waals surface area contributed by atoms with Crippen molar-refractivity contribution in [1.29, 1.82) is 0 Å². The quantitative estimate of drug-likeness (QED) is 0.812. The minimum absolute atomic E-state index is 0.232. The van der Waals surface area contributed by atoms with E-state index in [-0.39, 0.29) is 11.5 Å². The van der Waals surface area contributed by atoms with Crippen LogP contribution >= 0.6 is 0 Å². The molecule has 0 amide bonds. The van der Waals surface area contributed by atoms with Gasteiger partial charge in [-0.1, -0.05) is 44.7 Å². The Balaban J connectivity index is 2.12. The van der Waals surface area contributed by atoms with Crippen LogP contribution in [0.25, 0.3) is 0 Å². The van der Waals surface area contributed by atoms with Crippen LogP contribution in [0, 0.1) is 0 Å². The summed E-state index contributed by atoms with van der Waals surface area (Å²) in [6.07, 6.45) is 6.86. The Hall–Kier alpha value is -0.940. The van der Waals surface area contributed by atoms with Gasteiger partial charge in [0.05, 0.1) is 0 Å². The minimum Gasteiger partial charge on any atom is -0.370 e. The summed E-state index contributed by atoms with van der Waals surface area (Å²) in [6, 6.07) is 0. The number of hydrogen-bond donors (Lipinski definition) is 1. The molecule has 1 aliphatic carbocycles. The second kappa shape index (κ2) is 7.18. The molecule has 1 unspecified atom stereocenters. The lowest BCUT2D eigenvalue weighted by Crippen LogP contribution is -2.29. The van der Waals surface area contributed by atoms with Crippen molar-refractivity contribution in [2.24, 2.45) is 0 Å². The SMILES string of the molecule is CCNCC(C)c1nc(C2(OC)CCCCCC2)no1. The fourth-order valence-electron chi connectivity index (χ4n) is 2.89. The highest BCUT2D eigenvalue weighted by Crippen LogP contribution is 2.37. The average molecular weight is 281 g/mol. The summed E-state index contributed by atoms with van der Waals surface area (Å²) in [5, 5.41) is 7.52. The van der Waals surface area contributed by atoms with Gasteiger partial charge in [-0.2, -0.15) is 4.98 Å². The minimum atomic E-state index is -0.337. The normalized spacial score (nSPS) is 20.6. The van der Waals surface area contributed by atoms with Crippen LogP contribution in [-0.4, -0.2) is 30.3 Å². The number of ether oxygens (including phenoxy) is 1. The van der Waals surface area contributed by atoms with Crippen molar-refractivity contribution in [3.63, 3.8) is 0 Å². The summed E-state index contributed by atoms with van der Waals surface area (Å²) >= 11 is 0. The van der Waals surface area contributed by atoms with Crippen LogP contribution in [0.4, 0.5) is 0 Å². The zero-order valence-corrected chi connectivity index (χ0v) is 12.9. The molecule has 0 aromatic carbocycles. The van der Waals surface area contributed by atoms with Crippen molar-refractivity contribution in [1.82, 2.24) is 15.5 Å². The van der Waals surface area contributed by atoms with Crippen molar-refractivity contribution >= 4 is 0 Å². The van der Waals surface area contributed by atoms with E-state index < -0.39 is 0 Å². The summed E-state index contributed by atoms with van der Waals surface area (Å²) in [7, 11) is 1.77. The van der Waals surface area contributed by atoms with Gasteiger partial charge < -0.3 is 14.6 Å². The fraction of sp³-hybridized carbons (Fsp3) is 0.867. The predicted molar refractivity (Wildman–Crippen MR) is 77.6 cm³/mol. The van der Waals surface area contributed by atoms with E-state index in [1.165, 1.54) is 25.7 Å². The highest BCUT2D eigenvalue weighted by atomic mass is 16.5. The third-order valence-electron chi connectivity index (χ3n) is 4.27. The number of likely N-dealkylation sites (N-methyl/N-ethyl adjacent to an activating group) is 1. The molecule has 2 rings (SSSR count). The van der Waals surface area contributed by atoms with E-state index in [2.05, 4.69) is 29.3 Å². The van der Waals surface area contributed by atoms with Gasteiger partial charge in [0.2, 0.25) is 11.7 Å². The number of aromatic nitrogens is 2. The Morgan fingerprint density at radius 2 is 2.00 bits per heavy atom. The molecule has 1 atom stereocenters. The molecule has 1 fully saturated rings. The third kappa shape index (κ3) is 3.38. The first kappa shape index (κ1) is 15.4. The van der Waals surface area contributed by atoms with Crippen LogP contribution in [0.2, 0.25) is 0 Å². The summed E-state index contributed by atoms with van der Waals surface area (Å²) in [5.74, 6) is 1.68. The first-order valence-corrected chi connectivity index (χ1v) is 7.82. The van der Waals surface area contributed by atoms with Gasteiger partial charge in [0.1, 0.15) is 5.60 Å². The molecule has 0 aliphatic heterocycles. The van der Waals surface area contributed by atoms with Crippen molar-refractivity contribution in [2.75, 3.05) is 20.2 Å². The van der Waals surface area contributed by atoms with Gasteiger partial charge in [-0.25, -0.2) is 0 Å². The van der Waals surface area contributed by atoms with Crippen molar-refractivity contribution in [2.45, 2.75) is 63.9 Å². The van der Waals surface area contributed by atoms with Crippen LogP contribution in [0.15, 0.2) is 4.52 Å². The number of rotatable bonds is 6. The zero-order chi connectivity index (χ0) is 14.4. The summed E-state index contributed by atoms with van der Waals surface area (Å²) < 4.78 is 11.3. The van der Waals surface area contributed by atoms with Gasteiger partial charge in [0.25, 0.3) is 0 Å². The van der Waals surface area contributed by atoms with Gasteiger partial charge >= 0.3 is 0 Å². The van der Waals surface area contributed by atoms with Crippen molar-refractivity contribution in [3.8, 4) is 0 Å². The van der Waals surface area contributed by atoms with Crippen molar-refractivity contribution < 1.29 is 9.26 Å². The van der Waals surface area contributed by atoms with Gasteiger partial charge in [-0.3, -0.25) is 0 Å². The Morgan fingerprint density at radius 1 is 1.30 bits per heavy atom. The van der Waals surface area contributed by atoms with Gasteiger partial charge in [-0.05, 0) is 19.4 Å². The van der Waals surface area contributed by atoms with Gasteiger partial charge in [0.15, 0.2) is 0 Å². The molecule has 5 nitrogen and oxygen atoms in total. The number of methoxy groups -OCH3 is 1. The maximum Gasteiger partial charge on any atom is 0.230 e. The van der Waals surface area contributed by atoms with E-state index in [9.17, 15) is 0 Å². The topological polar surface area (TPSA) is 60.2 Å². The Morgan fingerprint density at radius 3 is 2.60 bits per heavy atom. The molecular weight excluding hydrogens is 254 g/mol. The Kier molecular flexibility index (Phi) is 5.54. The highest BCUT2D eigenvalue weighted by Gasteiger charge is 2.37. The standard InChI is InChI=1S/C15H27N3O2/c1-4-16-11-12(2)13-17-14(18-20-13)15(19-3)9-7-5-6-8-10-15/h12,16H,4-11H2,1-3H3. The van der Waals surface area contributed by atoms with E-state index in [4.69, 9.17) is 9.26 Å². The van der Waals surface area contributed by atoms with E-state index in [0.717, 1.165) is 31.8 Å². The van der Waals surface area contributed by atoms with Crippen LogP contribution in [-0.2, 0) is 10.3 Å². The first-order chi connectivity index (χ1) is 9.72. The molecule has 1 aliphatic rings. The third-order valence-corrected chi connectivity index (χ3v) is 4.27. The molecule has 1 aromatic rings. The number of hydrogen-bond acceptors (Lipinski definition) is 5. The summed E-state index contributed by atoms with van der Waals surface area (Å²) in [5.41, 5.74) is -0.337. The van der Waals surface area contributed by atoms with Crippen molar-refractivity contribution in [3.05, 3.63) is 11.7 Å². The van der Waals surface area contributed by atoms with Crippen LogP contribution in [0.1, 0.15) is 70.0 Å². The lowest BCUT2D eigenvalue weighted by Gasteiger charge is -2.27. The summed E-state index contributed by atoms with van der Waals surface area (Å²) in [4.78, 5) is 4.63. The second-order valence-electron chi connectivity index (χ2n) is 5.78. The van der Waals surface area contributed by atoms with E-state index >= 15 is 0 Å². The highest BCUT2D eigenvalue weighted by molar-refractivity contribution is 5.04. The molecule has 0 radical (unpaired) electrons. The van der Waals surface area contributed by atoms with E-state index in [1.54, 1.807) is 7.11 Å². The van der Waals surface area contributed by atoms with E-state index in [1.807, 2.05) is 0 Å². The number of nitrogens with zero attached hydrogens (tertiary/aromatic N) is 2. The first-order valence-electron chi connectivity index (χ1n) is 7.82. The smallest absolute Gasteiger partial charge is 0.230 e. The lowest BCUT2D eigenvalue weighted by molar-refractivity contribution is -0.0365. The van der Waals surface area contributed by atoms with Gasteiger partial charge in [-0.15, -0.1) is 0 Å². The molecule has 0 spiro atoms. The molecule has 1 aromatic heterocycles. The van der Waals surface area contributed by atoms with Gasteiger partial charge in [0, 0.05) is 19.6 Å². The van der Waals surface area contributed by atoms with E-state index in [0.29, 0.717) is 5.89 Å². The number of nitrogens with one attached hydrogen (secondary N) is 1. The molecule has 114 valence electrons. The molecule has 1 N–H and O–H groups in total. The molecule has 1 heterocycles. The molecule has 0 bridgehead atoms. The molecule has 20 heavy (non-hydrogen) atoms. The molecular formula is C15H27N3O2.